The number of anilines is 1. The molecular weight excluding hydrogens is 342 g/mol. The molecule has 0 heterocycles. The quantitative estimate of drug-likeness (QED) is 0.822. The van der Waals surface area contributed by atoms with Gasteiger partial charge in [0, 0.05) is 11.2 Å². The number of hydrogen-bond donors (Lipinski definition) is 1. The average Bonchev–Trinajstić information content (AvgIpc) is 2.45. The van der Waals surface area contributed by atoms with Gasteiger partial charge in [-0.2, -0.15) is 0 Å². The molecule has 2 aromatic rings. The van der Waals surface area contributed by atoms with Crippen molar-refractivity contribution in [2.75, 3.05) is 17.3 Å². The molecule has 0 aliphatic heterocycles. The summed E-state index contributed by atoms with van der Waals surface area (Å²) < 4.78 is 23.6. The molecule has 0 spiro atoms. The van der Waals surface area contributed by atoms with Crippen LogP contribution in [-0.2, 0) is 14.6 Å². The molecule has 1 amide bonds. The summed E-state index contributed by atoms with van der Waals surface area (Å²) in [5.74, 6) is -0.00138. The molecule has 0 radical (unpaired) electrons. The highest BCUT2D eigenvalue weighted by Gasteiger charge is 2.15. The lowest BCUT2D eigenvalue weighted by atomic mass is 10.1. The van der Waals surface area contributed by atoms with Crippen molar-refractivity contribution in [3.8, 4) is 0 Å². The summed E-state index contributed by atoms with van der Waals surface area (Å²) in [5, 5.41) is 2.70. The number of amides is 1. The molecule has 0 saturated heterocycles. The number of carbonyl (C=O) groups is 1. The number of nitrogens with one attached hydrogen (secondary N) is 1. The Morgan fingerprint density at radius 2 is 1.67 bits per heavy atom. The first-order valence-corrected chi connectivity index (χ1v) is 10.4. The molecular formula is C18H21NO3S2. The number of hydrogen-bond acceptors (Lipinski definition) is 4. The Morgan fingerprint density at radius 3 is 2.25 bits per heavy atom. The highest BCUT2D eigenvalue weighted by molar-refractivity contribution is 8.00. The zero-order valence-corrected chi connectivity index (χ0v) is 15.8. The van der Waals surface area contributed by atoms with E-state index in [0.717, 1.165) is 22.3 Å². The molecule has 0 aliphatic carbocycles. The van der Waals surface area contributed by atoms with Gasteiger partial charge in [-0.05, 0) is 44.0 Å². The average molecular weight is 364 g/mol. The Balaban J connectivity index is 2.11. The summed E-state index contributed by atoms with van der Waals surface area (Å²) in [4.78, 5) is 13.4. The van der Waals surface area contributed by atoms with E-state index in [0.29, 0.717) is 5.69 Å². The van der Waals surface area contributed by atoms with E-state index in [1.54, 1.807) is 18.2 Å². The zero-order valence-electron chi connectivity index (χ0n) is 14.2. The van der Waals surface area contributed by atoms with E-state index in [-0.39, 0.29) is 16.6 Å². The van der Waals surface area contributed by atoms with Gasteiger partial charge >= 0.3 is 0 Å². The van der Waals surface area contributed by atoms with Crippen molar-refractivity contribution in [3.63, 3.8) is 0 Å². The number of para-hydroxylation sites is 1. The van der Waals surface area contributed by atoms with Gasteiger partial charge in [-0.25, -0.2) is 8.42 Å². The molecule has 1 N–H and O–H groups in total. The summed E-state index contributed by atoms with van der Waals surface area (Å²) in [5.41, 5.74) is 3.80. The Kier molecular flexibility index (Phi) is 5.72. The van der Waals surface area contributed by atoms with Gasteiger partial charge in [0.1, 0.15) is 0 Å². The molecule has 6 heteroatoms. The minimum absolute atomic E-state index is 0.131. The SMILES string of the molecule is Cc1cc(C)c(SCC(=O)Nc2ccccc2S(C)(=O)=O)c(C)c1. The van der Waals surface area contributed by atoms with Gasteiger partial charge in [0.05, 0.1) is 16.3 Å². The van der Waals surface area contributed by atoms with E-state index < -0.39 is 9.84 Å². The van der Waals surface area contributed by atoms with Gasteiger partial charge < -0.3 is 5.32 Å². The van der Waals surface area contributed by atoms with Crippen LogP contribution in [0.2, 0.25) is 0 Å². The van der Waals surface area contributed by atoms with E-state index in [9.17, 15) is 13.2 Å². The summed E-state index contributed by atoms with van der Waals surface area (Å²) in [6.45, 7) is 6.10. The summed E-state index contributed by atoms with van der Waals surface area (Å²) in [6.07, 6.45) is 1.13. The fraction of sp³-hybridized carbons (Fsp3) is 0.278. The van der Waals surface area contributed by atoms with Gasteiger partial charge in [0.25, 0.3) is 0 Å². The highest BCUT2D eigenvalue weighted by Crippen LogP contribution is 2.28. The molecule has 0 fully saturated rings. The predicted molar refractivity (Wildman–Crippen MR) is 99.6 cm³/mol. The fourth-order valence-corrected chi connectivity index (χ4v) is 4.38. The fourth-order valence-electron chi connectivity index (χ4n) is 2.61. The molecule has 0 aliphatic rings. The van der Waals surface area contributed by atoms with Crippen LogP contribution in [0.25, 0.3) is 0 Å². The lowest BCUT2D eigenvalue weighted by Gasteiger charge is -2.12. The molecule has 4 nitrogen and oxygen atoms in total. The van der Waals surface area contributed by atoms with Crippen LogP contribution >= 0.6 is 11.8 Å². The molecule has 0 atom stereocenters. The number of aryl methyl sites for hydroxylation is 3. The van der Waals surface area contributed by atoms with Crippen LogP contribution in [-0.4, -0.2) is 26.3 Å². The smallest absolute Gasteiger partial charge is 0.234 e. The maximum atomic E-state index is 12.2. The van der Waals surface area contributed by atoms with Gasteiger partial charge in [0.2, 0.25) is 5.91 Å². The monoisotopic (exact) mass is 363 g/mol. The largest absolute Gasteiger partial charge is 0.324 e. The van der Waals surface area contributed by atoms with Crippen LogP contribution in [0.3, 0.4) is 0 Å². The minimum Gasteiger partial charge on any atom is -0.324 e. The highest BCUT2D eigenvalue weighted by atomic mass is 32.2. The van der Waals surface area contributed by atoms with Crippen molar-refractivity contribution in [3.05, 3.63) is 53.1 Å². The van der Waals surface area contributed by atoms with Crippen molar-refractivity contribution in [2.24, 2.45) is 0 Å². The number of carbonyl (C=O) groups excluding carboxylic acids is 1. The molecule has 0 bridgehead atoms. The third-order valence-electron chi connectivity index (χ3n) is 3.51. The van der Waals surface area contributed by atoms with E-state index >= 15 is 0 Å². The van der Waals surface area contributed by atoms with Crippen LogP contribution in [0.4, 0.5) is 5.69 Å². The van der Waals surface area contributed by atoms with E-state index in [1.807, 2.05) is 20.8 Å². The summed E-state index contributed by atoms with van der Waals surface area (Å²) in [7, 11) is -3.39. The maximum Gasteiger partial charge on any atom is 0.234 e. The first kappa shape index (κ1) is 18.5. The summed E-state index contributed by atoms with van der Waals surface area (Å²) in [6, 6.07) is 10.6. The van der Waals surface area contributed by atoms with E-state index in [1.165, 1.54) is 23.4 Å². The van der Waals surface area contributed by atoms with Crippen LogP contribution < -0.4 is 5.32 Å². The molecule has 128 valence electrons. The van der Waals surface area contributed by atoms with Crippen LogP contribution in [0.5, 0.6) is 0 Å². The standard InChI is InChI=1S/C18H21NO3S2/c1-12-9-13(2)18(14(3)10-12)23-11-17(20)19-15-7-5-6-8-16(15)24(4,21)22/h5-10H,11H2,1-4H3,(H,19,20). The van der Waals surface area contributed by atoms with Crippen molar-refractivity contribution in [1.29, 1.82) is 0 Å². The van der Waals surface area contributed by atoms with Crippen molar-refractivity contribution >= 4 is 33.2 Å². The van der Waals surface area contributed by atoms with E-state index in [4.69, 9.17) is 0 Å². The molecule has 0 unspecified atom stereocenters. The molecule has 24 heavy (non-hydrogen) atoms. The number of benzene rings is 2. The van der Waals surface area contributed by atoms with Gasteiger partial charge in [-0.3, -0.25) is 4.79 Å². The number of thioether (sulfide) groups is 1. The lowest BCUT2D eigenvalue weighted by Crippen LogP contribution is -2.16. The van der Waals surface area contributed by atoms with E-state index in [2.05, 4.69) is 17.4 Å². The minimum atomic E-state index is -3.39. The lowest BCUT2D eigenvalue weighted by molar-refractivity contribution is -0.113. The Morgan fingerprint density at radius 1 is 1.08 bits per heavy atom. The Labute approximate surface area is 147 Å². The van der Waals surface area contributed by atoms with Crippen molar-refractivity contribution < 1.29 is 13.2 Å². The maximum absolute atomic E-state index is 12.2. The second kappa shape index (κ2) is 7.40. The molecule has 0 aromatic heterocycles. The first-order chi connectivity index (χ1) is 11.2. The van der Waals surface area contributed by atoms with Crippen molar-refractivity contribution in [2.45, 2.75) is 30.6 Å². The third-order valence-corrected chi connectivity index (χ3v) is 6.01. The van der Waals surface area contributed by atoms with Gasteiger partial charge in [0.15, 0.2) is 9.84 Å². The normalized spacial score (nSPS) is 11.3. The second-order valence-corrected chi connectivity index (χ2v) is 8.80. The number of rotatable bonds is 5. The van der Waals surface area contributed by atoms with Gasteiger partial charge in [-0.15, -0.1) is 11.8 Å². The van der Waals surface area contributed by atoms with Gasteiger partial charge in [-0.1, -0.05) is 29.8 Å². The molecule has 0 saturated carbocycles. The summed E-state index contributed by atoms with van der Waals surface area (Å²) >= 11 is 1.46. The topological polar surface area (TPSA) is 63.2 Å². The second-order valence-electron chi connectivity index (χ2n) is 5.83. The van der Waals surface area contributed by atoms with Crippen LogP contribution in [0.15, 0.2) is 46.2 Å². The predicted octanol–water partition coefficient (Wildman–Crippen LogP) is 3.75. The molecule has 2 rings (SSSR count). The zero-order chi connectivity index (χ0) is 17.9. The van der Waals surface area contributed by atoms with Crippen LogP contribution in [0, 0.1) is 20.8 Å². The molecule has 2 aromatic carbocycles. The Hall–Kier alpha value is -1.79. The number of sulfone groups is 1. The van der Waals surface area contributed by atoms with Crippen LogP contribution in [0.1, 0.15) is 16.7 Å². The third kappa shape index (κ3) is 4.61. The Bertz CT molecular complexity index is 851. The van der Waals surface area contributed by atoms with Crippen molar-refractivity contribution in [1.82, 2.24) is 0 Å². The first-order valence-electron chi connectivity index (χ1n) is 7.48.